The van der Waals surface area contributed by atoms with Gasteiger partial charge in [0.2, 0.25) is 0 Å². The fourth-order valence-electron chi connectivity index (χ4n) is 1.75. The van der Waals surface area contributed by atoms with Gasteiger partial charge in [0, 0.05) is 12.2 Å². The maximum Gasteiger partial charge on any atom is 0.433 e. The van der Waals surface area contributed by atoms with E-state index in [1.807, 2.05) is 0 Å². The molecule has 1 aliphatic rings. The Kier molecular flexibility index (Phi) is 6.23. The quantitative estimate of drug-likeness (QED) is 0.857. The number of nitrogens with one attached hydrogen (secondary N) is 1. The van der Waals surface area contributed by atoms with Gasteiger partial charge in [-0.25, -0.2) is 0 Å². The molecule has 1 saturated heterocycles. The molecule has 0 radical (unpaired) electrons. The topological polar surface area (TPSA) is 24.9 Å². The van der Waals surface area contributed by atoms with Crippen molar-refractivity contribution in [1.29, 1.82) is 0 Å². The molecule has 0 aromatic carbocycles. The number of rotatable bonds is 1. The molecule has 1 atom stereocenters. The van der Waals surface area contributed by atoms with Gasteiger partial charge in [-0.05, 0) is 31.0 Å². The van der Waals surface area contributed by atoms with Crippen LogP contribution < -0.4 is 5.32 Å². The van der Waals surface area contributed by atoms with Crippen LogP contribution in [0.3, 0.4) is 0 Å². The van der Waals surface area contributed by atoms with Crippen molar-refractivity contribution in [3.63, 3.8) is 0 Å². The summed E-state index contributed by atoms with van der Waals surface area (Å²) < 4.78 is 36.7. The van der Waals surface area contributed by atoms with Gasteiger partial charge in [-0.1, -0.05) is 6.07 Å². The molecule has 2 rings (SSSR count). The molecule has 1 N–H and O–H groups in total. The van der Waals surface area contributed by atoms with Gasteiger partial charge in [-0.3, -0.25) is 4.98 Å². The van der Waals surface area contributed by atoms with Crippen LogP contribution in [0.1, 0.15) is 30.1 Å². The third kappa shape index (κ3) is 4.01. The third-order valence-corrected chi connectivity index (χ3v) is 2.54. The van der Waals surface area contributed by atoms with Gasteiger partial charge in [0.25, 0.3) is 0 Å². The largest absolute Gasteiger partial charge is 0.433 e. The summed E-state index contributed by atoms with van der Waals surface area (Å²) in [4.78, 5) is 3.43. The number of alkyl halides is 3. The number of nitrogens with zero attached hydrogens (tertiary/aromatic N) is 1. The SMILES string of the molecule is Cl.Cl.FC(F)(F)c1ccc(C2CCCN2)cn1. The van der Waals surface area contributed by atoms with Crippen LogP contribution in [0.5, 0.6) is 0 Å². The van der Waals surface area contributed by atoms with E-state index >= 15 is 0 Å². The Balaban J connectivity index is 0.00000128. The monoisotopic (exact) mass is 288 g/mol. The third-order valence-electron chi connectivity index (χ3n) is 2.54. The van der Waals surface area contributed by atoms with Crippen LogP contribution >= 0.6 is 24.8 Å². The standard InChI is InChI=1S/C10H11F3N2.2ClH/c11-10(12,13)9-4-3-7(6-15-9)8-2-1-5-14-8;;/h3-4,6,8,14H,1-2,5H2;2*1H. The summed E-state index contributed by atoms with van der Waals surface area (Å²) in [6.45, 7) is 0.922. The maximum atomic E-state index is 12.2. The predicted octanol–water partition coefficient (Wildman–Crippen LogP) is 3.37. The molecular weight excluding hydrogens is 276 g/mol. The van der Waals surface area contributed by atoms with Crippen molar-refractivity contribution in [2.45, 2.75) is 25.1 Å². The highest BCUT2D eigenvalue weighted by molar-refractivity contribution is 5.85. The molecular formula is C10H13Cl2F3N2. The van der Waals surface area contributed by atoms with E-state index in [0.717, 1.165) is 31.0 Å². The molecule has 17 heavy (non-hydrogen) atoms. The average Bonchev–Trinajstić information content (AvgIpc) is 2.69. The second kappa shape index (κ2) is 6.42. The van der Waals surface area contributed by atoms with Gasteiger partial charge in [-0.15, -0.1) is 24.8 Å². The molecule has 0 spiro atoms. The first-order chi connectivity index (χ1) is 7.07. The molecule has 0 amide bonds. The van der Waals surface area contributed by atoms with Crippen molar-refractivity contribution >= 4 is 24.8 Å². The van der Waals surface area contributed by atoms with Crippen molar-refractivity contribution in [2.75, 3.05) is 6.54 Å². The molecule has 1 unspecified atom stereocenters. The van der Waals surface area contributed by atoms with Gasteiger partial charge >= 0.3 is 6.18 Å². The van der Waals surface area contributed by atoms with E-state index in [9.17, 15) is 13.2 Å². The van der Waals surface area contributed by atoms with E-state index in [4.69, 9.17) is 0 Å². The summed E-state index contributed by atoms with van der Waals surface area (Å²) in [5.41, 5.74) is 0.00440. The van der Waals surface area contributed by atoms with Gasteiger partial charge < -0.3 is 5.32 Å². The van der Waals surface area contributed by atoms with Crippen LogP contribution in [-0.2, 0) is 6.18 Å². The molecule has 1 fully saturated rings. The van der Waals surface area contributed by atoms with E-state index < -0.39 is 11.9 Å². The second-order valence-electron chi connectivity index (χ2n) is 3.62. The number of hydrogen-bond acceptors (Lipinski definition) is 2. The molecule has 1 aliphatic heterocycles. The fraction of sp³-hybridized carbons (Fsp3) is 0.500. The molecule has 1 aromatic heterocycles. The maximum absolute atomic E-state index is 12.2. The van der Waals surface area contributed by atoms with Crippen LogP contribution in [-0.4, -0.2) is 11.5 Å². The lowest BCUT2D eigenvalue weighted by atomic mass is 10.1. The van der Waals surface area contributed by atoms with E-state index in [-0.39, 0.29) is 30.9 Å². The molecule has 7 heteroatoms. The summed E-state index contributed by atoms with van der Waals surface area (Å²) in [5, 5.41) is 3.21. The second-order valence-corrected chi connectivity index (χ2v) is 3.62. The van der Waals surface area contributed by atoms with Gasteiger partial charge in [-0.2, -0.15) is 13.2 Å². The normalized spacial score (nSPS) is 19.4. The zero-order chi connectivity index (χ0) is 10.9. The Morgan fingerprint density at radius 1 is 1.24 bits per heavy atom. The summed E-state index contributed by atoms with van der Waals surface area (Å²) in [6.07, 6.45) is -1.01. The zero-order valence-corrected chi connectivity index (χ0v) is 10.5. The number of halogens is 5. The summed E-state index contributed by atoms with van der Waals surface area (Å²) >= 11 is 0. The Labute approximate surface area is 110 Å². The smallest absolute Gasteiger partial charge is 0.310 e. The number of aromatic nitrogens is 1. The number of hydrogen-bond donors (Lipinski definition) is 1. The molecule has 98 valence electrons. The van der Waals surface area contributed by atoms with Crippen molar-refractivity contribution < 1.29 is 13.2 Å². The van der Waals surface area contributed by atoms with Crippen LogP contribution in [0.2, 0.25) is 0 Å². The molecule has 1 aromatic rings. The van der Waals surface area contributed by atoms with Crippen molar-refractivity contribution in [1.82, 2.24) is 10.3 Å². The summed E-state index contributed by atoms with van der Waals surface area (Å²) in [5.74, 6) is 0. The van der Waals surface area contributed by atoms with E-state index in [1.165, 1.54) is 12.3 Å². The first-order valence-electron chi connectivity index (χ1n) is 4.84. The molecule has 0 saturated carbocycles. The first-order valence-corrected chi connectivity index (χ1v) is 4.84. The van der Waals surface area contributed by atoms with Crippen LogP contribution in [0.25, 0.3) is 0 Å². The lowest BCUT2D eigenvalue weighted by Crippen LogP contribution is -2.14. The van der Waals surface area contributed by atoms with Crippen LogP contribution in [0.15, 0.2) is 18.3 Å². The highest BCUT2D eigenvalue weighted by atomic mass is 35.5. The minimum Gasteiger partial charge on any atom is -0.310 e. The Morgan fingerprint density at radius 2 is 1.94 bits per heavy atom. The molecule has 0 bridgehead atoms. The predicted molar refractivity (Wildman–Crippen MR) is 63.7 cm³/mol. The highest BCUT2D eigenvalue weighted by Gasteiger charge is 2.32. The fourth-order valence-corrected chi connectivity index (χ4v) is 1.75. The molecule has 2 nitrogen and oxygen atoms in total. The lowest BCUT2D eigenvalue weighted by Gasteiger charge is -2.11. The summed E-state index contributed by atoms with van der Waals surface area (Å²) in [7, 11) is 0. The average molecular weight is 289 g/mol. The Morgan fingerprint density at radius 3 is 2.35 bits per heavy atom. The van der Waals surface area contributed by atoms with Crippen molar-refractivity contribution in [2.24, 2.45) is 0 Å². The highest BCUT2D eigenvalue weighted by Crippen LogP contribution is 2.29. The number of pyridine rings is 1. The van der Waals surface area contributed by atoms with E-state index in [1.54, 1.807) is 0 Å². The van der Waals surface area contributed by atoms with E-state index in [2.05, 4.69) is 10.3 Å². The van der Waals surface area contributed by atoms with E-state index in [0.29, 0.717) is 0 Å². The Bertz CT molecular complexity index is 334. The minimum atomic E-state index is -4.35. The van der Waals surface area contributed by atoms with Gasteiger partial charge in [0.05, 0.1) is 0 Å². The summed E-state index contributed by atoms with van der Waals surface area (Å²) in [6, 6.07) is 2.70. The van der Waals surface area contributed by atoms with Crippen LogP contribution in [0.4, 0.5) is 13.2 Å². The van der Waals surface area contributed by atoms with Gasteiger partial charge in [0.15, 0.2) is 0 Å². The first kappa shape index (κ1) is 16.5. The van der Waals surface area contributed by atoms with Crippen LogP contribution in [0, 0.1) is 0 Å². The van der Waals surface area contributed by atoms with Crippen molar-refractivity contribution in [3.8, 4) is 0 Å². The minimum absolute atomic E-state index is 0. The zero-order valence-electron chi connectivity index (χ0n) is 8.83. The lowest BCUT2D eigenvalue weighted by molar-refractivity contribution is -0.141. The Hall–Kier alpha value is -0.520. The molecule has 2 heterocycles. The van der Waals surface area contributed by atoms with Gasteiger partial charge in [0.1, 0.15) is 5.69 Å². The molecule has 0 aliphatic carbocycles. The van der Waals surface area contributed by atoms with Crippen molar-refractivity contribution in [3.05, 3.63) is 29.6 Å².